The van der Waals surface area contributed by atoms with E-state index >= 15 is 0 Å². The molecule has 1 aromatic carbocycles. The van der Waals surface area contributed by atoms with Crippen LogP contribution in [-0.4, -0.2) is 10.9 Å². The van der Waals surface area contributed by atoms with Gasteiger partial charge in [0.2, 0.25) is 5.91 Å². The van der Waals surface area contributed by atoms with E-state index in [1.54, 1.807) is 6.20 Å². The van der Waals surface area contributed by atoms with Crippen molar-refractivity contribution in [3.63, 3.8) is 0 Å². The third kappa shape index (κ3) is 4.65. The van der Waals surface area contributed by atoms with E-state index in [-0.39, 0.29) is 5.91 Å². The van der Waals surface area contributed by atoms with E-state index in [1.165, 1.54) is 16.9 Å². The number of hydrogen-bond acceptors (Lipinski definition) is 3. The minimum Gasteiger partial charge on any atom is -0.302 e. The van der Waals surface area contributed by atoms with Crippen LogP contribution in [0, 0.1) is 6.92 Å². The van der Waals surface area contributed by atoms with Gasteiger partial charge in [0.05, 0.1) is 0 Å². The number of anilines is 1. The highest BCUT2D eigenvalue weighted by molar-refractivity contribution is 7.15. The highest BCUT2D eigenvalue weighted by Gasteiger charge is 2.05. The van der Waals surface area contributed by atoms with Crippen molar-refractivity contribution in [1.29, 1.82) is 0 Å². The maximum absolute atomic E-state index is 11.7. The molecule has 19 heavy (non-hydrogen) atoms. The van der Waals surface area contributed by atoms with Gasteiger partial charge in [-0.05, 0) is 37.5 Å². The largest absolute Gasteiger partial charge is 0.302 e. The molecule has 0 bridgehead atoms. The van der Waals surface area contributed by atoms with Crippen LogP contribution in [0.4, 0.5) is 5.13 Å². The first-order valence-electron chi connectivity index (χ1n) is 6.10. The Morgan fingerprint density at radius 2 is 2.11 bits per heavy atom. The summed E-state index contributed by atoms with van der Waals surface area (Å²) in [6.07, 6.45) is 3.95. The molecule has 0 saturated carbocycles. The Labute approximate surface area is 121 Å². The van der Waals surface area contributed by atoms with Crippen LogP contribution < -0.4 is 5.32 Å². The summed E-state index contributed by atoms with van der Waals surface area (Å²) in [6, 6.07) is 7.72. The third-order valence-corrected chi connectivity index (χ3v) is 3.73. The number of nitrogens with one attached hydrogen (secondary N) is 1. The summed E-state index contributed by atoms with van der Waals surface area (Å²) in [7, 11) is 0. The number of benzene rings is 1. The smallest absolute Gasteiger partial charge is 0.226 e. The van der Waals surface area contributed by atoms with Crippen LogP contribution in [0.3, 0.4) is 0 Å². The highest BCUT2D eigenvalue weighted by atomic mass is 35.5. The van der Waals surface area contributed by atoms with Gasteiger partial charge in [0.15, 0.2) is 5.13 Å². The van der Waals surface area contributed by atoms with Crippen molar-refractivity contribution in [2.75, 3.05) is 5.32 Å². The number of halogens is 1. The number of carbonyl (C=O) groups is 1. The summed E-state index contributed by atoms with van der Waals surface area (Å²) >= 11 is 7.31. The molecule has 1 aromatic heterocycles. The number of aromatic nitrogens is 1. The number of nitrogens with zero attached hydrogens (tertiary/aromatic N) is 1. The molecular weight excluding hydrogens is 280 g/mol. The van der Waals surface area contributed by atoms with Gasteiger partial charge in [-0.3, -0.25) is 4.79 Å². The van der Waals surface area contributed by atoms with Crippen LogP contribution in [0.5, 0.6) is 0 Å². The van der Waals surface area contributed by atoms with Crippen molar-refractivity contribution in [1.82, 2.24) is 4.98 Å². The van der Waals surface area contributed by atoms with Crippen molar-refractivity contribution in [2.24, 2.45) is 0 Å². The van der Waals surface area contributed by atoms with E-state index in [9.17, 15) is 4.79 Å². The number of amides is 1. The van der Waals surface area contributed by atoms with Crippen molar-refractivity contribution in [3.8, 4) is 0 Å². The molecule has 3 nitrogen and oxygen atoms in total. The molecular formula is C14H15ClN2OS. The monoisotopic (exact) mass is 294 g/mol. The molecule has 1 heterocycles. The molecule has 0 fully saturated rings. The Hall–Kier alpha value is -1.39. The molecule has 0 aliphatic carbocycles. The van der Waals surface area contributed by atoms with Crippen molar-refractivity contribution in [2.45, 2.75) is 26.2 Å². The highest BCUT2D eigenvalue weighted by Crippen LogP contribution is 2.17. The van der Waals surface area contributed by atoms with Crippen LogP contribution in [-0.2, 0) is 11.2 Å². The fourth-order valence-electron chi connectivity index (χ4n) is 1.70. The predicted molar refractivity (Wildman–Crippen MR) is 79.9 cm³/mol. The zero-order valence-electron chi connectivity index (χ0n) is 10.6. The molecule has 2 rings (SSSR count). The maximum atomic E-state index is 11.7. The first-order chi connectivity index (χ1) is 9.13. The quantitative estimate of drug-likeness (QED) is 0.903. The predicted octanol–water partition coefficient (Wildman–Crippen LogP) is 4.07. The number of carbonyl (C=O) groups excluding carboxylic acids is 1. The molecule has 1 N–H and O–H groups in total. The first kappa shape index (κ1) is 14.0. The van der Waals surface area contributed by atoms with Crippen LogP contribution in [0.1, 0.15) is 23.3 Å². The molecule has 0 spiro atoms. The molecule has 0 aliphatic heterocycles. The van der Waals surface area contributed by atoms with E-state index in [1.807, 2.05) is 31.2 Å². The molecule has 0 aliphatic rings. The van der Waals surface area contributed by atoms with Crippen LogP contribution in [0.2, 0.25) is 5.02 Å². The fourth-order valence-corrected chi connectivity index (χ4v) is 2.51. The average molecular weight is 295 g/mol. The second-order valence-electron chi connectivity index (χ2n) is 4.30. The second kappa shape index (κ2) is 6.68. The standard InChI is InChI=1S/C14H15ClN2OS/c1-10-9-16-14(19-10)17-13(18)4-2-3-11-5-7-12(15)8-6-11/h5-9H,2-4H2,1H3,(H,16,17,18). The minimum atomic E-state index is 0.0170. The molecule has 100 valence electrons. The van der Waals surface area contributed by atoms with Crippen molar-refractivity contribution < 1.29 is 4.79 Å². The van der Waals surface area contributed by atoms with Crippen LogP contribution >= 0.6 is 22.9 Å². The molecule has 0 unspecified atom stereocenters. The van der Waals surface area contributed by atoms with Gasteiger partial charge in [-0.1, -0.05) is 23.7 Å². The molecule has 5 heteroatoms. The van der Waals surface area contributed by atoms with Gasteiger partial charge in [0.25, 0.3) is 0 Å². The summed E-state index contributed by atoms with van der Waals surface area (Å²) in [5.74, 6) is 0.0170. The second-order valence-corrected chi connectivity index (χ2v) is 5.98. The Morgan fingerprint density at radius 1 is 1.37 bits per heavy atom. The van der Waals surface area contributed by atoms with Gasteiger partial charge in [0, 0.05) is 22.5 Å². The molecule has 2 aromatic rings. The Bertz CT molecular complexity index is 551. The Morgan fingerprint density at radius 3 is 2.74 bits per heavy atom. The van der Waals surface area contributed by atoms with E-state index in [2.05, 4.69) is 10.3 Å². The van der Waals surface area contributed by atoms with Crippen LogP contribution in [0.15, 0.2) is 30.5 Å². The summed E-state index contributed by atoms with van der Waals surface area (Å²) in [5, 5.41) is 4.22. The zero-order chi connectivity index (χ0) is 13.7. The topological polar surface area (TPSA) is 42.0 Å². The lowest BCUT2D eigenvalue weighted by atomic mass is 10.1. The summed E-state index contributed by atoms with van der Waals surface area (Å²) in [4.78, 5) is 16.9. The fraction of sp³-hybridized carbons (Fsp3) is 0.286. The van der Waals surface area contributed by atoms with Crippen LogP contribution in [0.25, 0.3) is 0 Å². The van der Waals surface area contributed by atoms with Crippen molar-refractivity contribution >= 4 is 34.0 Å². The van der Waals surface area contributed by atoms with Gasteiger partial charge >= 0.3 is 0 Å². The zero-order valence-corrected chi connectivity index (χ0v) is 12.2. The SMILES string of the molecule is Cc1cnc(NC(=O)CCCc2ccc(Cl)cc2)s1. The normalized spacial score (nSPS) is 10.4. The van der Waals surface area contributed by atoms with E-state index in [0.717, 1.165) is 22.7 Å². The number of aryl methyl sites for hydroxylation is 2. The average Bonchev–Trinajstić information content (AvgIpc) is 2.77. The van der Waals surface area contributed by atoms with Gasteiger partial charge < -0.3 is 5.32 Å². The molecule has 0 radical (unpaired) electrons. The van der Waals surface area contributed by atoms with Crippen molar-refractivity contribution in [3.05, 3.63) is 45.9 Å². The number of rotatable bonds is 5. The van der Waals surface area contributed by atoms with E-state index in [4.69, 9.17) is 11.6 Å². The molecule has 0 saturated heterocycles. The van der Waals surface area contributed by atoms with Gasteiger partial charge in [0.1, 0.15) is 0 Å². The van der Waals surface area contributed by atoms with E-state index in [0.29, 0.717) is 11.6 Å². The third-order valence-electron chi connectivity index (χ3n) is 2.65. The summed E-state index contributed by atoms with van der Waals surface area (Å²) < 4.78 is 0. The Kier molecular flexibility index (Phi) is 4.93. The summed E-state index contributed by atoms with van der Waals surface area (Å²) in [5.41, 5.74) is 1.20. The Balaban J connectivity index is 1.73. The molecule has 1 amide bonds. The molecule has 0 atom stereocenters. The lowest BCUT2D eigenvalue weighted by Crippen LogP contribution is -2.11. The lowest BCUT2D eigenvalue weighted by Gasteiger charge is -2.02. The van der Waals surface area contributed by atoms with Gasteiger partial charge in [-0.25, -0.2) is 4.98 Å². The van der Waals surface area contributed by atoms with Gasteiger partial charge in [-0.15, -0.1) is 11.3 Å². The first-order valence-corrected chi connectivity index (χ1v) is 7.29. The van der Waals surface area contributed by atoms with E-state index < -0.39 is 0 Å². The maximum Gasteiger partial charge on any atom is 0.226 e. The lowest BCUT2D eigenvalue weighted by molar-refractivity contribution is -0.116. The number of thiazole rings is 1. The number of hydrogen-bond donors (Lipinski definition) is 1. The minimum absolute atomic E-state index is 0.0170. The van der Waals surface area contributed by atoms with Gasteiger partial charge in [-0.2, -0.15) is 0 Å². The summed E-state index contributed by atoms with van der Waals surface area (Å²) in [6.45, 7) is 1.97.